The number of ether oxygens (including phenoxy) is 2. The Labute approximate surface area is 148 Å². The molecule has 7 heteroatoms. The summed E-state index contributed by atoms with van der Waals surface area (Å²) < 4.78 is 10.7. The van der Waals surface area contributed by atoms with Crippen LogP contribution in [0.5, 0.6) is 11.5 Å². The number of nitrogens with one attached hydrogen (secondary N) is 2. The van der Waals surface area contributed by atoms with Gasteiger partial charge in [-0.1, -0.05) is 6.92 Å². The number of likely N-dealkylation sites (tertiary alicyclic amines) is 1. The minimum Gasteiger partial charge on any atom is -0.493 e. The van der Waals surface area contributed by atoms with Gasteiger partial charge in [0.1, 0.15) is 0 Å². The molecule has 0 aromatic heterocycles. The van der Waals surface area contributed by atoms with E-state index in [2.05, 4.69) is 22.5 Å². The lowest BCUT2D eigenvalue weighted by molar-refractivity contribution is -0.122. The maximum atomic E-state index is 12.5. The Morgan fingerprint density at radius 3 is 2.80 bits per heavy atom. The standard InChI is InChI=1S/C18H27N3O4/c1-4-21-9-5-6-14(11-21)20-18(23)13-7-8-15(16(10-13)24-3)25-12-17(22)19-2/h7-8,10,14H,4-6,9,11-12H2,1-3H3,(H,19,22)(H,20,23)/t14-/m0/s1. The summed E-state index contributed by atoms with van der Waals surface area (Å²) in [6, 6.07) is 5.12. The van der Waals surface area contributed by atoms with Gasteiger partial charge in [0.15, 0.2) is 18.1 Å². The van der Waals surface area contributed by atoms with Gasteiger partial charge in [-0.15, -0.1) is 0 Å². The van der Waals surface area contributed by atoms with Crippen molar-refractivity contribution in [2.24, 2.45) is 0 Å². The van der Waals surface area contributed by atoms with Gasteiger partial charge < -0.3 is 25.0 Å². The molecule has 25 heavy (non-hydrogen) atoms. The number of carbonyl (C=O) groups excluding carboxylic acids is 2. The van der Waals surface area contributed by atoms with Gasteiger partial charge in [-0.05, 0) is 44.1 Å². The van der Waals surface area contributed by atoms with E-state index in [0.29, 0.717) is 17.1 Å². The SMILES string of the molecule is CCN1CCC[C@H](NC(=O)c2ccc(OCC(=O)NC)c(OC)c2)C1. The van der Waals surface area contributed by atoms with Crippen LogP contribution in [0.2, 0.25) is 0 Å². The maximum Gasteiger partial charge on any atom is 0.257 e. The predicted molar refractivity (Wildman–Crippen MR) is 95.2 cm³/mol. The Morgan fingerprint density at radius 1 is 1.32 bits per heavy atom. The van der Waals surface area contributed by atoms with Crippen LogP contribution in [0.4, 0.5) is 0 Å². The third-order valence-corrected chi connectivity index (χ3v) is 4.35. The van der Waals surface area contributed by atoms with E-state index >= 15 is 0 Å². The summed E-state index contributed by atoms with van der Waals surface area (Å²) in [5.41, 5.74) is 0.512. The van der Waals surface area contributed by atoms with Crippen LogP contribution in [0, 0.1) is 0 Å². The van der Waals surface area contributed by atoms with Crippen LogP contribution in [0.25, 0.3) is 0 Å². The number of rotatable bonds is 7. The van der Waals surface area contributed by atoms with Crippen molar-refractivity contribution in [2.45, 2.75) is 25.8 Å². The highest BCUT2D eigenvalue weighted by Gasteiger charge is 2.21. The van der Waals surface area contributed by atoms with Crippen LogP contribution < -0.4 is 20.1 Å². The van der Waals surface area contributed by atoms with Gasteiger partial charge in [-0.3, -0.25) is 9.59 Å². The Bertz CT molecular complexity index is 606. The van der Waals surface area contributed by atoms with Crippen molar-refractivity contribution < 1.29 is 19.1 Å². The molecule has 1 atom stereocenters. The molecule has 0 unspecified atom stereocenters. The highest BCUT2D eigenvalue weighted by atomic mass is 16.5. The molecule has 7 nitrogen and oxygen atoms in total. The number of carbonyl (C=O) groups is 2. The number of amides is 2. The Morgan fingerprint density at radius 2 is 2.12 bits per heavy atom. The normalized spacial score (nSPS) is 17.6. The summed E-state index contributed by atoms with van der Waals surface area (Å²) in [6.07, 6.45) is 2.08. The fourth-order valence-corrected chi connectivity index (χ4v) is 2.87. The molecule has 2 rings (SSSR count). The predicted octanol–water partition coefficient (Wildman–Crippen LogP) is 1.03. The van der Waals surface area contributed by atoms with Gasteiger partial charge in [0.2, 0.25) is 0 Å². The van der Waals surface area contributed by atoms with Crippen LogP contribution in [0.15, 0.2) is 18.2 Å². The second-order valence-corrected chi connectivity index (χ2v) is 6.03. The van der Waals surface area contributed by atoms with Gasteiger partial charge in [0.25, 0.3) is 11.8 Å². The zero-order valence-electron chi connectivity index (χ0n) is 15.1. The molecule has 1 fully saturated rings. The quantitative estimate of drug-likeness (QED) is 0.769. The second-order valence-electron chi connectivity index (χ2n) is 6.03. The molecular formula is C18H27N3O4. The number of hydrogen-bond acceptors (Lipinski definition) is 5. The van der Waals surface area contributed by atoms with Crippen molar-refractivity contribution in [1.82, 2.24) is 15.5 Å². The summed E-state index contributed by atoms with van der Waals surface area (Å²) in [5, 5.41) is 5.57. The molecule has 2 amide bonds. The van der Waals surface area contributed by atoms with E-state index in [-0.39, 0.29) is 24.5 Å². The Balaban J connectivity index is 2.01. The molecular weight excluding hydrogens is 322 g/mol. The van der Waals surface area contributed by atoms with E-state index in [1.54, 1.807) is 25.2 Å². The average molecular weight is 349 g/mol. The zero-order chi connectivity index (χ0) is 18.2. The van der Waals surface area contributed by atoms with Crippen molar-refractivity contribution in [1.29, 1.82) is 0 Å². The lowest BCUT2D eigenvalue weighted by Crippen LogP contribution is -2.47. The zero-order valence-corrected chi connectivity index (χ0v) is 15.1. The highest BCUT2D eigenvalue weighted by Crippen LogP contribution is 2.28. The van der Waals surface area contributed by atoms with Crippen molar-refractivity contribution in [3.63, 3.8) is 0 Å². The van der Waals surface area contributed by atoms with Crippen molar-refractivity contribution >= 4 is 11.8 Å². The molecule has 1 saturated heterocycles. The number of likely N-dealkylation sites (N-methyl/N-ethyl adjacent to an activating group) is 2. The lowest BCUT2D eigenvalue weighted by Gasteiger charge is -2.32. The number of piperidine rings is 1. The minimum atomic E-state index is -0.235. The Hall–Kier alpha value is -2.28. The fraction of sp³-hybridized carbons (Fsp3) is 0.556. The van der Waals surface area contributed by atoms with Gasteiger partial charge >= 0.3 is 0 Å². The van der Waals surface area contributed by atoms with Gasteiger partial charge in [-0.2, -0.15) is 0 Å². The highest BCUT2D eigenvalue weighted by molar-refractivity contribution is 5.95. The second kappa shape index (κ2) is 9.27. The topological polar surface area (TPSA) is 79.9 Å². The first-order valence-electron chi connectivity index (χ1n) is 8.62. The molecule has 1 aliphatic rings. The van der Waals surface area contributed by atoms with E-state index in [1.165, 1.54) is 7.11 Å². The van der Waals surface area contributed by atoms with E-state index in [0.717, 1.165) is 32.5 Å². The maximum absolute atomic E-state index is 12.5. The van der Waals surface area contributed by atoms with Crippen LogP contribution >= 0.6 is 0 Å². The van der Waals surface area contributed by atoms with E-state index < -0.39 is 0 Å². The number of benzene rings is 1. The molecule has 1 heterocycles. The number of nitrogens with zero attached hydrogens (tertiary/aromatic N) is 1. The van der Waals surface area contributed by atoms with Gasteiger partial charge in [-0.25, -0.2) is 0 Å². The summed E-state index contributed by atoms with van der Waals surface area (Å²) >= 11 is 0. The van der Waals surface area contributed by atoms with E-state index in [4.69, 9.17) is 9.47 Å². The summed E-state index contributed by atoms with van der Waals surface area (Å²) in [7, 11) is 3.05. The van der Waals surface area contributed by atoms with Crippen molar-refractivity contribution in [2.75, 3.05) is 40.4 Å². The third-order valence-electron chi connectivity index (χ3n) is 4.35. The van der Waals surface area contributed by atoms with Crippen LogP contribution in [-0.2, 0) is 4.79 Å². The monoisotopic (exact) mass is 349 g/mol. The average Bonchev–Trinajstić information content (AvgIpc) is 2.65. The van der Waals surface area contributed by atoms with Crippen LogP contribution in [-0.4, -0.2) is 63.2 Å². The summed E-state index contributed by atoms with van der Waals surface area (Å²) in [4.78, 5) is 26.1. The van der Waals surface area contributed by atoms with Gasteiger partial charge in [0, 0.05) is 25.2 Å². The van der Waals surface area contributed by atoms with Crippen LogP contribution in [0.3, 0.4) is 0 Å². The van der Waals surface area contributed by atoms with E-state index in [1.807, 2.05) is 0 Å². The molecule has 1 aliphatic heterocycles. The molecule has 0 radical (unpaired) electrons. The van der Waals surface area contributed by atoms with E-state index in [9.17, 15) is 9.59 Å². The molecule has 1 aromatic carbocycles. The van der Waals surface area contributed by atoms with Crippen molar-refractivity contribution in [3.05, 3.63) is 23.8 Å². The van der Waals surface area contributed by atoms with Gasteiger partial charge in [0.05, 0.1) is 7.11 Å². The minimum absolute atomic E-state index is 0.104. The third kappa shape index (κ3) is 5.35. The van der Waals surface area contributed by atoms with Crippen molar-refractivity contribution in [3.8, 4) is 11.5 Å². The largest absolute Gasteiger partial charge is 0.493 e. The molecule has 1 aromatic rings. The first kappa shape index (κ1) is 19.1. The summed E-state index contributed by atoms with van der Waals surface area (Å²) in [5.74, 6) is 0.494. The first-order chi connectivity index (χ1) is 12.1. The Kier molecular flexibility index (Phi) is 7.06. The fourth-order valence-electron chi connectivity index (χ4n) is 2.87. The summed E-state index contributed by atoms with van der Waals surface area (Å²) in [6.45, 7) is 5.00. The number of methoxy groups -OCH3 is 1. The molecule has 0 saturated carbocycles. The number of hydrogen-bond donors (Lipinski definition) is 2. The molecule has 138 valence electrons. The van der Waals surface area contributed by atoms with Crippen LogP contribution in [0.1, 0.15) is 30.1 Å². The molecule has 0 bridgehead atoms. The molecule has 2 N–H and O–H groups in total. The smallest absolute Gasteiger partial charge is 0.257 e. The molecule has 0 spiro atoms. The molecule has 0 aliphatic carbocycles. The lowest BCUT2D eigenvalue weighted by atomic mass is 10.0. The first-order valence-corrected chi connectivity index (χ1v) is 8.62.